The third-order valence-electron chi connectivity index (χ3n) is 3.45. The molecule has 1 aliphatic heterocycles. The van der Waals surface area contributed by atoms with Crippen LogP contribution in [0.5, 0.6) is 0 Å². The summed E-state index contributed by atoms with van der Waals surface area (Å²) in [5, 5.41) is 8.92. The van der Waals surface area contributed by atoms with Crippen LogP contribution in [0.4, 0.5) is 13.2 Å². The maximum Gasteiger partial charge on any atom is 0.394 e. The molecular formula is C13H11BrF3NO3. The molecule has 21 heavy (non-hydrogen) atoms. The fourth-order valence-corrected chi connectivity index (χ4v) is 2.81. The van der Waals surface area contributed by atoms with Gasteiger partial charge in [-0.05, 0) is 28.1 Å². The lowest BCUT2D eigenvalue weighted by molar-refractivity contribution is -0.187. The molecule has 1 N–H and O–H groups in total. The smallest absolute Gasteiger partial charge is 0.394 e. The largest absolute Gasteiger partial charge is 0.481 e. The zero-order valence-electron chi connectivity index (χ0n) is 10.6. The summed E-state index contributed by atoms with van der Waals surface area (Å²) in [6, 6.07) is 6.33. The highest BCUT2D eigenvalue weighted by atomic mass is 79.9. The Labute approximate surface area is 126 Å². The molecule has 0 radical (unpaired) electrons. The van der Waals surface area contributed by atoms with Gasteiger partial charge in [0.1, 0.15) is 0 Å². The van der Waals surface area contributed by atoms with Crippen molar-refractivity contribution in [1.82, 2.24) is 4.90 Å². The summed E-state index contributed by atoms with van der Waals surface area (Å²) in [5.74, 6) is -5.82. The molecule has 0 bridgehead atoms. The van der Waals surface area contributed by atoms with Gasteiger partial charge in [-0.3, -0.25) is 9.59 Å². The van der Waals surface area contributed by atoms with Crippen molar-refractivity contribution in [2.45, 2.75) is 6.18 Å². The summed E-state index contributed by atoms with van der Waals surface area (Å²) < 4.78 is 39.1. The van der Waals surface area contributed by atoms with E-state index in [2.05, 4.69) is 15.9 Å². The van der Waals surface area contributed by atoms with Crippen LogP contribution in [0.1, 0.15) is 10.4 Å². The van der Waals surface area contributed by atoms with Gasteiger partial charge in [-0.15, -0.1) is 0 Å². The number of carboxylic acid groups (broad SMARTS) is 1. The van der Waals surface area contributed by atoms with E-state index in [0.717, 1.165) is 4.90 Å². The van der Waals surface area contributed by atoms with Crippen LogP contribution in [0, 0.1) is 11.8 Å². The third kappa shape index (κ3) is 3.20. The Kier molecular flexibility index (Phi) is 4.27. The second-order valence-electron chi connectivity index (χ2n) is 4.78. The topological polar surface area (TPSA) is 57.6 Å². The summed E-state index contributed by atoms with van der Waals surface area (Å²) in [6.07, 6.45) is -4.65. The Morgan fingerprint density at radius 3 is 2.33 bits per heavy atom. The van der Waals surface area contributed by atoms with Crippen LogP contribution in [0.2, 0.25) is 0 Å². The van der Waals surface area contributed by atoms with Crippen molar-refractivity contribution >= 4 is 27.8 Å². The van der Waals surface area contributed by atoms with Crippen LogP contribution in [0.15, 0.2) is 28.7 Å². The molecule has 0 unspecified atom stereocenters. The van der Waals surface area contributed by atoms with Crippen molar-refractivity contribution < 1.29 is 27.9 Å². The maximum absolute atomic E-state index is 12.9. The SMILES string of the molecule is O=C(O)[C@@H]1CN(C(=O)c2ccccc2Br)C[C@H]1C(F)(F)F. The molecule has 2 rings (SSSR count). The monoisotopic (exact) mass is 365 g/mol. The summed E-state index contributed by atoms with van der Waals surface area (Å²) in [6.45, 7) is -1.08. The Balaban J connectivity index is 2.25. The number of carbonyl (C=O) groups excluding carboxylic acids is 1. The van der Waals surface area contributed by atoms with Gasteiger partial charge in [-0.1, -0.05) is 12.1 Å². The zero-order valence-corrected chi connectivity index (χ0v) is 12.2. The number of hydrogen-bond donors (Lipinski definition) is 1. The van der Waals surface area contributed by atoms with Crippen molar-refractivity contribution in [3.8, 4) is 0 Å². The number of aliphatic carboxylic acids is 1. The van der Waals surface area contributed by atoms with Gasteiger partial charge in [0.05, 0.1) is 17.4 Å². The molecule has 4 nitrogen and oxygen atoms in total. The third-order valence-corrected chi connectivity index (χ3v) is 4.14. The number of carboxylic acids is 1. The Morgan fingerprint density at radius 1 is 1.24 bits per heavy atom. The predicted octanol–water partition coefficient (Wildman–Crippen LogP) is 2.78. The van der Waals surface area contributed by atoms with E-state index in [1.807, 2.05) is 0 Å². The highest BCUT2D eigenvalue weighted by molar-refractivity contribution is 9.10. The van der Waals surface area contributed by atoms with Gasteiger partial charge in [0, 0.05) is 17.6 Å². The van der Waals surface area contributed by atoms with Gasteiger partial charge >= 0.3 is 12.1 Å². The number of amides is 1. The second-order valence-corrected chi connectivity index (χ2v) is 5.64. The van der Waals surface area contributed by atoms with Gasteiger partial charge in [0.2, 0.25) is 0 Å². The average Bonchev–Trinajstić information content (AvgIpc) is 2.83. The first kappa shape index (κ1) is 15.8. The standard InChI is InChI=1S/C13H11BrF3NO3/c14-10-4-2-1-3-7(10)11(19)18-5-8(12(20)21)9(6-18)13(15,16)17/h1-4,8-9H,5-6H2,(H,20,21)/t8-,9-/m1/s1. The molecule has 1 saturated heterocycles. The first-order chi connectivity index (χ1) is 9.71. The van der Waals surface area contributed by atoms with Crippen LogP contribution >= 0.6 is 15.9 Å². The van der Waals surface area contributed by atoms with E-state index in [4.69, 9.17) is 5.11 Å². The van der Waals surface area contributed by atoms with E-state index in [1.54, 1.807) is 18.2 Å². The molecule has 0 aromatic heterocycles. The van der Waals surface area contributed by atoms with Crippen LogP contribution < -0.4 is 0 Å². The number of nitrogens with zero attached hydrogens (tertiary/aromatic N) is 1. The van der Waals surface area contributed by atoms with Crippen LogP contribution in [-0.4, -0.2) is 41.1 Å². The van der Waals surface area contributed by atoms with Crippen molar-refractivity contribution in [2.75, 3.05) is 13.1 Å². The fourth-order valence-electron chi connectivity index (χ4n) is 2.36. The fraction of sp³-hybridized carbons (Fsp3) is 0.385. The van der Waals surface area contributed by atoms with Crippen molar-refractivity contribution in [1.29, 1.82) is 0 Å². The lowest BCUT2D eigenvalue weighted by atomic mass is 9.96. The zero-order chi connectivity index (χ0) is 15.8. The van der Waals surface area contributed by atoms with E-state index in [9.17, 15) is 22.8 Å². The molecule has 1 heterocycles. The van der Waals surface area contributed by atoms with Gasteiger partial charge in [-0.25, -0.2) is 0 Å². The number of halogens is 4. The molecular weight excluding hydrogens is 355 g/mol. The van der Waals surface area contributed by atoms with Crippen molar-refractivity contribution in [3.63, 3.8) is 0 Å². The van der Waals surface area contributed by atoms with Crippen LogP contribution in [-0.2, 0) is 4.79 Å². The minimum Gasteiger partial charge on any atom is -0.481 e. The van der Waals surface area contributed by atoms with Crippen LogP contribution in [0.3, 0.4) is 0 Å². The average molecular weight is 366 g/mol. The molecule has 1 aromatic carbocycles. The molecule has 0 spiro atoms. The van der Waals surface area contributed by atoms with E-state index in [1.165, 1.54) is 6.07 Å². The number of alkyl halides is 3. The lowest BCUT2D eigenvalue weighted by Gasteiger charge is -2.18. The molecule has 1 amide bonds. The second kappa shape index (κ2) is 5.67. The molecule has 1 aromatic rings. The van der Waals surface area contributed by atoms with E-state index < -0.39 is 43.0 Å². The molecule has 0 saturated carbocycles. The van der Waals surface area contributed by atoms with Gasteiger partial charge in [0.15, 0.2) is 0 Å². The van der Waals surface area contributed by atoms with E-state index in [0.29, 0.717) is 4.47 Å². The predicted molar refractivity (Wildman–Crippen MR) is 70.7 cm³/mol. The van der Waals surface area contributed by atoms with Crippen molar-refractivity contribution in [3.05, 3.63) is 34.3 Å². The molecule has 8 heteroatoms. The first-order valence-electron chi connectivity index (χ1n) is 6.05. The maximum atomic E-state index is 12.9. The summed E-state index contributed by atoms with van der Waals surface area (Å²) in [5.41, 5.74) is 0.212. The minimum atomic E-state index is -4.65. The number of carbonyl (C=O) groups is 2. The summed E-state index contributed by atoms with van der Waals surface area (Å²) >= 11 is 3.16. The lowest BCUT2D eigenvalue weighted by Crippen LogP contribution is -2.34. The highest BCUT2D eigenvalue weighted by Gasteiger charge is 2.53. The number of benzene rings is 1. The molecule has 1 aliphatic rings. The normalized spacial score (nSPS) is 22.4. The van der Waals surface area contributed by atoms with Gasteiger partial charge in [0.25, 0.3) is 5.91 Å². The Bertz CT molecular complexity index is 576. The Morgan fingerprint density at radius 2 is 1.86 bits per heavy atom. The highest BCUT2D eigenvalue weighted by Crippen LogP contribution is 2.38. The van der Waals surface area contributed by atoms with Gasteiger partial charge < -0.3 is 10.0 Å². The number of likely N-dealkylation sites (tertiary alicyclic amines) is 1. The Hall–Kier alpha value is -1.57. The summed E-state index contributed by atoms with van der Waals surface area (Å²) in [4.78, 5) is 24.2. The molecule has 2 atom stereocenters. The quantitative estimate of drug-likeness (QED) is 0.876. The minimum absolute atomic E-state index is 0.212. The molecule has 1 fully saturated rings. The van der Waals surface area contributed by atoms with Crippen molar-refractivity contribution in [2.24, 2.45) is 11.8 Å². The van der Waals surface area contributed by atoms with Crippen LogP contribution in [0.25, 0.3) is 0 Å². The number of hydrogen-bond acceptors (Lipinski definition) is 2. The summed E-state index contributed by atoms with van der Waals surface area (Å²) in [7, 11) is 0. The van der Waals surface area contributed by atoms with E-state index in [-0.39, 0.29) is 5.56 Å². The van der Waals surface area contributed by atoms with E-state index >= 15 is 0 Å². The molecule has 114 valence electrons. The van der Waals surface area contributed by atoms with Gasteiger partial charge in [-0.2, -0.15) is 13.2 Å². The first-order valence-corrected chi connectivity index (χ1v) is 6.84. The molecule has 0 aliphatic carbocycles. The number of rotatable bonds is 2.